The third-order valence-electron chi connectivity index (χ3n) is 3.62. The van der Waals surface area contributed by atoms with Crippen molar-refractivity contribution in [3.8, 4) is 12.3 Å². The zero-order valence-corrected chi connectivity index (χ0v) is 10.2. The van der Waals surface area contributed by atoms with Crippen molar-refractivity contribution in [1.82, 2.24) is 5.32 Å². The average molecular weight is 223 g/mol. The van der Waals surface area contributed by atoms with E-state index in [9.17, 15) is 4.79 Å². The Morgan fingerprint density at radius 2 is 2.38 bits per heavy atom. The van der Waals surface area contributed by atoms with E-state index >= 15 is 0 Å². The van der Waals surface area contributed by atoms with Crippen LogP contribution in [0.3, 0.4) is 0 Å². The van der Waals surface area contributed by atoms with Crippen LogP contribution in [0.25, 0.3) is 0 Å². The topological polar surface area (TPSA) is 38.3 Å². The van der Waals surface area contributed by atoms with E-state index in [1.165, 1.54) is 13.5 Å². The Balaban J connectivity index is 2.90. The quantitative estimate of drug-likeness (QED) is 0.582. The van der Waals surface area contributed by atoms with Crippen LogP contribution in [0.4, 0.5) is 0 Å². The lowest BCUT2D eigenvalue weighted by Crippen LogP contribution is -2.59. The Kier molecular flexibility index (Phi) is 4.82. The summed E-state index contributed by atoms with van der Waals surface area (Å²) < 4.78 is 4.95. The largest absolute Gasteiger partial charge is 0.468 e. The van der Waals surface area contributed by atoms with Crippen molar-refractivity contribution in [3.63, 3.8) is 0 Å². The minimum atomic E-state index is -0.547. The molecule has 0 amide bonds. The number of esters is 1. The van der Waals surface area contributed by atoms with Gasteiger partial charge in [0.25, 0.3) is 0 Å². The highest BCUT2D eigenvalue weighted by Gasteiger charge is 2.46. The number of hydrogen-bond donors (Lipinski definition) is 1. The van der Waals surface area contributed by atoms with E-state index in [-0.39, 0.29) is 5.97 Å². The van der Waals surface area contributed by atoms with Crippen LogP contribution >= 0.6 is 0 Å². The molecule has 90 valence electrons. The summed E-state index contributed by atoms with van der Waals surface area (Å²) in [4.78, 5) is 12.0. The number of hydrogen-bond acceptors (Lipinski definition) is 3. The maximum atomic E-state index is 12.0. The molecule has 1 rings (SSSR count). The number of terminal acetylenes is 1. The minimum absolute atomic E-state index is 0.158. The van der Waals surface area contributed by atoms with E-state index in [4.69, 9.17) is 11.2 Å². The minimum Gasteiger partial charge on any atom is -0.468 e. The second kappa shape index (κ2) is 5.91. The first-order valence-electron chi connectivity index (χ1n) is 5.98. The van der Waals surface area contributed by atoms with Gasteiger partial charge in [-0.1, -0.05) is 32.1 Å². The summed E-state index contributed by atoms with van der Waals surface area (Å²) in [7, 11) is 1.45. The van der Waals surface area contributed by atoms with Gasteiger partial charge in [0.2, 0.25) is 0 Å². The smallest absolute Gasteiger partial charge is 0.326 e. The molecule has 3 heteroatoms. The van der Waals surface area contributed by atoms with Crippen molar-refractivity contribution in [3.05, 3.63) is 0 Å². The Bertz CT molecular complexity index is 282. The Morgan fingerprint density at radius 3 is 2.94 bits per heavy atom. The molecule has 0 bridgehead atoms. The van der Waals surface area contributed by atoms with Gasteiger partial charge in [-0.25, -0.2) is 0 Å². The zero-order valence-electron chi connectivity index (χ0n) is 10.2. The van der Waals surface area contributed by atoms with Crippen LogP contribution in [-0.4, -0.2) is 25.2 Å². The number of methoxy groups -OCH3 is 1. The molecular weight excluding hydrogens is 202 g/mol. The molecule has 0 aromatic heterocycles. The van der Waals surface area contributed by atoms with E-state index in [0.717, 1.165) is 25.7 Å². The third kappa shape index (κ3) is 2.38. The molecule has 2 unspecified atom stereocenters. The second-order valence-electron chi connectivity index (χ2n) is 4.37. The van der Waals surface area contributed by atoms with Gasteiger partial charge in [0, 0.05) is 0 Å². The second-order valence-corrected chi connectivity index (χ2v) is 4.37. The van der Waals surface area contributed by atoms with E-state index in [0.29, 0.717) is 12.5 Å². The highest BCUT2D eigenvalue weighted by atomic mass is 16.5. The highest BCUT2D eigenvalue weighted by Crippen LogP contribution is 2.36. The van der Waals surface area contributed by atoms with Gasteiger partial charge >= 0.3 is 5.97 Å². The van der Waals surface area contributed by atoms with Gasteiger partial charge in [0.1, 0.15) is 5.54 Å². The number of carbonyl (C=O) groups is 1. The molecule has 0 aromatic carbocycles. The van der Waals surface area contributed by atoms with Gasteiger partial charge in [-0.2, -0.15) is 0 Å². The van der Waals surface area contributed by atoms with Crippen molar-refractivity contribution in [2.75, 3.05) is 13.7 Å². The number of carbonyl (C=O) groups excluding carboxylic acids is 1. The standard InChI is InChI=1S/C13H21NO2/c1-4-10-14-13(12(15)16-3)9-7-6-8-11(13)5-2/h1,11,14H,5-10H2,2-3H3. The van der Waals surface area contributed by atoms with Crippen molar-refractivity contribution < 1.29 is 9.53 Å². The summed E-state index contributed by atoms with van der Waals surface area (Å²) in [6, 6.07) is 0. The molecule has 0 aromatic rings. The lowest BCUT2D eigenvalue weighted by molar-refractivity contribution is -0.153. The Hall–Kier alpha value is -1.01. The van der Waals surface area contributed by atoms with Gasteiger partial charge in [-0.05, 0) is 18.8 Å². The van der Waals surface area contributed by atoms with Gasteiger partial charge in [-0.3, -0.25) is 10.1 Å². The molecule has 1 saturated carbocycles. The summed E-state index contributed by atoms with van der Waals surface area (Å²) in [6.07, 6.45) is 10.4. The Labute approximate surface area is 97.9 Å². The van der Waals surface area contributed by atoms with Crippen LogP contribution in [0, 0.1) is 18.3 Å². The van der Waals surface area contributed by atoms with E-state index in [1.54, 1.807) is 0 Å². The normalized spacial score (nSPS) is 29.4. The fourth-order valence-electron chi connectivity index (χ4n) is 2.76. The summed E-state index contributed by atoms with van der Waals surface area (Å²) in [6.45, 7) is 2.54. The van der Waals surface area contributed by atoms with Crippen LogP contribution in [0.5, 0.6) is 0 Å². The van der Waals surface area contributed by atoms with Crippen LogP contribution in [0.2, 0.25) is 0 Å². The van der Waals surface area contributed by atoms with Crippen LogP contribution in [0.15, 0.2) is 0 Å². The zero-order chi connectivity index (χ0) is 12.0. The van der Waals surface area contributed by atoms with Crippen molar-refractivity contribution in [1.29, 1.82) is 0 Å². The molecule has 3 nitrogen and oxygen atoms in total. The fourth-order valence-corrected chi connectivity index (χ4v) is 2.76. The molecule has 2 atom stereocenters. The maximum Gasteiger partial charge on any atom is 0.326 e. The van der Waals surface area contributed by atoms with Crippen molar-refractivity contribution in [2.45, 2.75) is 44.6 Å². The monoisotopic (exact) mass is 223 g/mol. The first kappa shape index (κ1) is 13.1. The summed E-state index contributed by atoms with van der Waals surface area (Å²) in [5.74, 6) is 2.72. The first-order valence-corrected chi connectivity index (χ1v) is 5.98. The lowest BCUT2D eigenvalue weighted by Gasteiger charge is -2.41. The predicted molar refractivity (Wildman–Crippen MR) is 63.8 cm³/mol. The molecule has 1 aliphatic carbocycles. The number of rotatable bonds is 4. The maximum absolute atomic E-state index is 12.0. The fraction of sp³-hybridized carbons (Fsp3) is 0.769. The number of ether oxygens (including phenoxy) is 1. The van der Waals surface area contributed by atoms with Crippen molar-refractivity contribution in [2.24, 2.45) is 5.92 Å². The van der Waals surface area contributed by atoms with E-state index < -0.39 is 5.54 Å². The highest BCUT2D eigenvalue weighted by molar-refractivity contribution is 5.81. The molecule has 0 spiro atoms. The van der Waals surface area contributed by atoms with Crippen LogP contribution in [-0.2, 0) is 9.53 Å². The molecule has 0 radical (unpaired) electrons. The van der Waals surface area contributed by atoms with Gasteiger partial charge < -0.3 is 4.74 Å². The SMILES string of the molecule is C#CCNC1(C(=O)OC)CCCCC1CC. The Morgan fingerprint density at radius 1 is 1.62 bits per heavy atom. The average Bonchev–Trinajstić information content (AvgIpc) is 2.35. The predicted octanol–water partition coefficient (Wildman–Crippen LogP) is 1.72. The molecule has 1 aliphatic rings. The molecule has 0 saturated heterocycles. The van der Waals surface area contributed by atoms with Crippen LogP contribution in [0.1, 0.15) is 39.0 Å². The van der Waals surface area contributed by atoms with E-state index in [2.05, 4.69) is 18.2 Å². The molecular formula is C13H21NO2. The summed E-state index contributed by atoms with van der Waals surface area (Å²) in [5, 5.41) is 3.23. The van der Waals surface area contributed by atoms with E-state index in [1.807, 2.05) is 0 Å². The summed E-state index contributed by atoms with van der Waals surface area (Å²) in [5.41, 5.74) is -0.547. The first-order chi connectivity index (χ1) is 7.71. The number of nitrogens with one attached hydrogen (secondary N) is 1. The molecule has 1 fully saturated rings. The van der Waals surface area contributed by atoms with Gasteiger partial charge in [0.15, 0.2) is 0 Å². The van der Waals surface area contributed by atoms with Gasteiger partial charge in [-0.15, -0.1) is 6.42 Å². The third-order valence-corrected chi connectivity index (χ3v) is 3.62. The summed E-state index contributed by atoms with van der Waals surface area (Å²) >= 11 is 0. The molecule has 1 N–H and O–H groups in total. The molecule has 0 heterocycles. The van der Waals surface area contributed by atoms with Crippen molar-refractivity contribution >= 4 is 5.97 Å². The molecule has 16 heavy (non-hydrogen) atoms. The lowest BCUT2D eigenvalue weighted by atomic mass is 9.71. The molecule has 0 aliphatic heterocycles. The van der Waals surface area contributed by atoms with Crippen LogP contribution < -0.4 is 5.32 Å². The van der Waals surface area contributed by atoms with Gasteiger partial charge in [0.05, 0.1) is 13.7 Å².